The number of nitrogens with one attached hydrogen (secondary N) is 1. The number of carbonyl (C=O) groups excluding carboxylic acids is 1. The van der Waals surface area contributed by atoms with Gasteiger partial charge in [-0.15, -0.1) is 0 Å². The van der Waals surface area contributed by atoms with E-state index < -0.39 is 0 Å². The number of rotatable bonds is 9. The van der Waals surface area contributed by atoms with E-state index in [1.54, 1.807) is 0 Å². The van der Waals surface area contributed by atoms with E-state index >= 15 is 0 Å². The van der Waals surface area contributed by atoms with Crippen LogP contribution in [0.25, 0.3) is 0 Å². The highest BCUT2D eigenvalue weighted by Crippen LogP contribution is 2.23. The van der Waals surface area contributed by atoms with Crippen LogP contribution in [0.4, 0.5) is 0 Å². The molecule has 1 N–H and O–H groups in total. The van der Waals surface area contributed by atoms with E-state index in [0.717, 1.165) is 36.9 Å². The number of para-hydroxylation sites is 1. The van der Waals surface area contributed by atoms with E-state index in [0.29, 0.717) is 18.7 Å². The molecule has 1 aliphatic rings. The molecule has 0 atom stereocenters. The summed E-state index contributed by atoms with van der Waals surface area (Å²) in [4.78, 5) is 15.1. The third-order valence-electron chi connectivity index (χ3n) is 6.41. The maximum atomic E-state index is 12.6. The van der Waals surface area contributed by atoms with Crippen LogP contribution in [0.15, 0.2) is 78.9 Å². The summed E-state index contributed by atoms with van der Waals surface area (Å²) in [7, 11) is 0. The van der Waals surface area contributed by atoms with Crippen molar-refractivity contribution in [3.05, 3.63) is 101 Å². The zero-order chi connectivity index (χ0) is 22.9. The van der Waals surface area contributed by atoms with Crippen LogP contribution in [-0.4, -0.2) is 30.5 Å². The van der Waals surface area contributed by atoms with Crippen LogP contribution in [0.1, 0.15) is 46.8 Å². The van der Waals surface area contributed by atoms with Crippen molar-refractivity contribution in [3.63, 3.8) is 0 Å². The molecular weight excluding hydrogens is 408 g/mol. The second kappa shape index (κ2) is 11.7. The largest absolute Gasteiger partial charge is 0.494 e. The lowest BCUT2D eigenvalue weighted by molar-refractivity contribution is 0.0950. The van der Waals surface area contributed by atoms with Gasteiger partial charge in [-0.3, -0.25) is 9.69 Å². The van der Waals surface area contributed by atoms with Crippen molar-refractivity contribution in [2.24, 2.45) is 5.92 Å². The van der Waals surface area contributed by atoms with E-state index in [4.69, 9.17) is 4.74 Å². The Balaban J connectivity index is 1.23. The van der Waals surface area contributed by atoms with Crippen LogP contribution >= 0.6 is 0 Å². The van der Waals surface area contributed by atoms with Crippen molar-refractivity contribution in [1.29, 1.82) is 0 Å². The van der Waals surface area contributed by atoms with Crippen LogP contribution in [-0.2, 0) is 19.5 Å². The minimum Gasteiger partial charge on any atom is -0.494 e. The Morgan fingerprint density at radius 3 is 2.33 bits per heavy atom. The van der Waals surface area contributed by atoms with Gasteiger partial charge in [-0.05, 0) is 74.5 Å². The average Bonchev–Trinajstić information content (AvgIpc) is 2.86. The summed E-state index contributed by atoms with van der Waals surface area (Å²) in [6, 6.07) is 26.7. The summed E-state index contributed by atoms with van der Waals surface area (Å²) in [5.74, 6) is 1.54. The zero-order valence-corrected chi connectivity index (χ0v) is 19.5. The standard InChI is InChI=1S/C29H34N2O2/c1-2-33-28-11-7-6-10-27(28)21-30-29(32)26-14-12-25(13-15-26)22-31-18-16-24(17-19-31)20-23-8-4-3-5-9-23/h3-15,24H,2,16-22H2,1H3,(H,30,32). The number of carbonyl (C=O) groups is 1. The highest BCUT2D eigenvalue weighted by Gasteiger charge is 2.19. The lowest BCUT2D eigenvalue weighted by atomic mass is 9.90. The predicted molar refractivity (Wildman–Crippen MR) is 133 cm³/mol. The first kappa shape index (κ1) is 23.1. The molecule has 3 aromatic rings. The number of nitrogens with zero attached hydrogens (tertiary/aromatic N) is 1. The van der Waals surface area contributed by atoms with Crippen LogP contribution in [0.3, 0.4) is 0 Å². The van der Waals surface area contributed by atoms with Crippen LogP contribution in [0, 0.1) is 5.92 Å². The molecule has 33 heavy (non-hydrogen) atoms. The monoisotopic (exact) mass is 442 g/mol. The van der Waals surface area contributed by atoms with E-state index in [1.165, 1.54) is 30.4 Å². The number of amides is 1. The Bertz CT molecular complexity index is 1010. The predicted octanol–water partition coefficient (Wildman–Crippen LogP) is 5.47. The van der Waals surface area contributed by atoms with Gasteiger partial charge in [-0.25, -0.2) is 0 Å². The molecule has 1 amide bonds. The van der Waals surface area contributed by atoms with Gasteiger partial charge in [-0.1, -0.05) is 60.7 Å². The van der Waals surface area contributed by atoms with Gasteiger partial charge in [-0.2, -0.15) is 0 Å². The van der Waals surface area contributed by atoms with Crippen molar-refractivity contribution in [2.45, 2.75) is 39.3 Å². The lowest BCUT2D eigenvalue weighted by Crippen LogP contribution is -2.33. The van der Waals surface area contributed by atoms with Gasteiger partial charge < -0.3 is 10.1 Å². The molecule has 0 aromatic heterocycles. The second-order valence-electron chi connectivity index (χ2n) is 8.83. The number of piperidine rings is 1. The first-order chi connectivity index (χ1) is 16.2. The Labute approximate surface area is 197 Å². The molecule has 0 bridgehead atoms. The SMILES string of the molecule is CCOc1ccccc1CNC(=O)c1ccc(CN2CCC(Cc3ccccc3)CC2)cc1. The van der Waals surface area contributed by atoms with Gasteiger partial charge in [0.2, 0.25) is 0 Å². The zero-order valence-electron chi connectivity index (χ0n) is 19.5. The summed E-state index contributed by atoms with van der Waals surface area (Å²) in [6.07, 6.45) is 3.69. The Kier molecular flexibility index (Phi) is 8.15. The quantitative estimate of drug-likeness (QED) is 0.478. The summed E-state index contributed by atoms with van der Waals surface area (Å²) in [5, 5.41) is 3.01. The van der Waals surface area contributed by atoms with Gasteiger partial charge in [0, 0.05) is 24.2 Å². The molecule has 3 aromatic carbocycles. The van der Waals surface area contributed by atoms with Crippen molar-refractivity contribution in [3.8, 4) is 5.75 Å². The van der Waals surface area contributed by atoms with Crippen LogP contribution in [0.5, 0.6) is 5.75 Å². The fourth-order valence-electron chi connectivity index (χ4n) is 4.54. The lowest BCUT2D eigenvalue weighted by Gasteiger charge is -2.32. The summed E-state index contributed by atoms with van der Waals surface area (Å²) in [6.45, 7) is 6.25. The van der Waals surface area contributed by atoms with Crippen LogP contribution < -0.4 is 10.1 Å². The molecule has 4 heteroatoms. The molecule has 0 spiro atoms. The summed E-state index contributed by atoms with van der Waals surface area (Å²) >= 11 is 0. The maximum absolute atomic E-state index is 12.6. The van der Waals surface area contributed by atoms with Gasteiger partial charge in [0.25, 0.3) is 5.91 Å². The topological polar surface area (TPSA) is 41.6 Å². The Morgan fingerprint density at radius 2 is 1.61 bits per heavy atom. The van der Waals surface area contributed by atoms with Gasteiger partial charge in [0.05, 0.1) is 6.61 Å². The molecule has 1 saturated heterocycles. The number of hydrogen-bond acceptors (Lipinski definition) is 3. The van der Waals surface area contributed by atoms with E-state index in [-0.39, 0.29) is 5.91 Å². The summed E-state index contributed by atoms with van der Waals surface area (Å²) in [5.41, 5.74) is 4.38. The molecule has 1 fully saturated rings. The normalized spacial score (nSPS) is 14.7. The molecule has 0 saturated carbocycles. The van der Waals surface area contributed by atoms with E-state index in [1.807, 2.05) is 43.3 Å². The third-order valence-corrected chi connectivity index (χ3v) is 6.41. The van der Waals surface area contributed by atoms with Crippen molar-refractivity contribution < 1.29 is 9.53 Å². The van der Waals surface area contributed by atoms with Gasteiger partial charge in [0.1, 0.15) is 5.75 Å². The molecule has 0 radical (unpaired) electrons. The fraction of sp³-hybridized carbons (Fsp3) is 0.345. The molecule has 1 heterocycles. The van der Waals surface area contributed by atoms with Crippen LogP contribution in [0.2, 0.25) is 0 Å². The number of ether oxygens (including phenoxy) is 1. The molecule has 0 unspecified atom stereocenters. The van der Waals surface area contributed by atoms with Crippen molar-refractivity contribution in [1.82, 2.24) is 10.2 Å². The Hall–Kier alpha value is -3.11. The molecule has 1 aliphatic heterocycles. The van der Waals surface area contributed by atoms with Gasteiger partial charge in [0.15, 0.2) is 0 Å². The van der Waals surface area contributed by atoms with Crippen molar-refractivity contribution >= 4 is 5.91 Å². The number of hydrogen-bond donors (Lipinski definition) is 1. The third kappa shape index (κ3) is 6.69. The first-order valence-corrected chi connectivity index (χ1v) is 12.1. The minimum atomic E-state index is -0.0606. The number of benzene rings is 3. The molecule has 4 rings (SSSR count). The first-order valence-electron chi connectivity index (χ1n) is 12.1. The molecule has 172 valence electrons. The van der Waals surface area contributed by atoms with E-state index in [9.17, 15) is 4.79 Å². The highest BCUT2D eigenvalue weighted by atomic mass is 16.5. The van der Waals surface area contributed by atoms with Gasteiger partial charge >= 0.3 is 0 Å². The Morgan fingerprint density at radius 1 is 0.909 bits per heavy atom. The maximum Gasteiger partial charge on any atom is 0.251 e. The average molecular weight is 443 g/mol. The minimum absolute atomic E-state index is 0.0606. The van der Waals surface area contributed by atoms with Crippen molar-refractivity contribution in [2.75, 3.05) is 19.7 Å². The number of likely N-dealkylation sites (tertiary alicyclic amines) is 1. The molecular formula is C29H34N2O2. The smallest absolute Gasteiger partial charge is 0.251 e. The fourth-order valence-corrected chi connectivity index (χ4v) is 4.54. The second-order valence-corrected chi connectivity index (χ2v) is 8.83. The highest BCUT2D eigenvalue weighted by molar-refractivity contribution is 5.94. The summed E-state index contributed by atoms with van der Waals surface area (Å²) < 4.78 is 5.64. The molecule has 0 aliphatic carbocycles. The molecule has 4 nitrogen and oxygen atoms in total. The van der Waals surface area contributed by atoms with E-state index in [2.05, 4.69) is 52.7 Å².